The Hall–Kier alpha value is -1.35. The number of oxazole rings is 1. The minimum atomic E-state index is -0.154. The summed E-state index contributed by atoms with van der Waals surface area (Å²) in [7, 11) is 0. The van der Waals surface area contributed by atoms with Crippen molar-refractivity contribution >= 4 is 11.1 Å². The molecule has 0 aliphatic heterocycles. The van der Waals surface area contributed by atoms with Gasteiger partial charge in [-0.25, -0.2) is 4.98 Å². The fraction of sp³-hybridized carbons (Fsp3) is 0.417. The topological polar surface area (TPSA) is 52.0 Å². The third kappa shape index (κ3) is 1.63. The zero-order chi connectivity index (χ0) is 10.9. The summed E-state index contributed by atoms with van der Waals surface area (Å²) in [5.74, 6) is 0.744. The number of hydrogen-bond acceptors (Lipinski definition) is 3. The molecular weight excluding hydrogens is 188 g/mol. The molecular formula is C12H16N2O. The standard InChI is InChI=1S/C12H16N2O/c1-3-12(2,8-13)11-14-9-6-4-5-7-10(9)15-11/h4-7H,3,8,13H2,1-2H3. The van der Waals surface area contributed by atoms with Crippen LogP contribution in [-0.4, -0.2) is 11.5 Å². The summed E-state index contributed by atoms with van der Waals surface area (Å²) in [5, 5.41) is 0. The number of rotatable bonds is 3. The Bertz CT molecular complexity index is 424. The van der Waals surface area contributed by atoms with Crippen molar-refractivity contribution in [1.82, 2.24) is 4.98 Å². The summed E-state index contributed by atoms with van der Waals surface area (Å²) in [6.45, 7) is 4.73. The van der Waals surface area contributed by atoms with Crippen LogP contribution in [0.1, 0.15) is 26.2 Å². The average molecular weight is 204 g/mol. The first-order valence-corrected chi connectivity index (χ1v) is 5.26. The zero-order valence-electron chi connectivity index (χ0n) is 9.16. The molecule has 0 fully saturated rings. The first kappa shape index (κ1) is 10.2. The highest BCUT2D eigenvalue weighted by atomic mass is 16.3. The lowest BCUT2D eigenvalue weighted by molar-refractivity contribution is 0.354. The van der Waals surface area contributed by atoms with Crippen LogP contribution in [0.4, 0.5) is 0 Å². The largest absolute Gasteiger partial charge is 0.440 e. The van der Waals surface area contributed by atoms with E-state index in [1.165, 1.54) is 0 Å². The summed E-state index contributed by atoms with van der Waals surface area (Å²) in [5.41, 5.74) is 7.35. The van der Waals surface area contributed by atoms with E-state index in [9.17, 15) is 0 Å². The van der Waals surface area contributed by atoms with E-state index in [0.29, 0.717) is 6.54 Å². The lowest BCUT2D eigenvalue weighted by Crippen LogP contribution is -2.31. The van der Waals surface area contributed by atoms with E-state index in [2.05, 4.69) is 18.8 Å². The molecule has 0 saturated heterocycles. The third-order valence-corrected chi connectivity index (χ3v) is 3.04. The first-order valence-electron chi connectivity index (χ1n) is 5.26. The Labute approximate surface area is 89.3 Å². The second kappa shape index (κ2) is 3.66. The lowest BCUT2D eigenvalue weighted by Gasteiger charge is -2.21. The molecule has 0 aliphatic rings. The van der Waals surface area contributed by atoms with E-state index in [0.717, 1.165) is 23.4 Å². The van der Waals surface area contributed by atoms with Gasteiger partial charge in [-0.1, -0.05) is 19.1 Å². The van der Waals surface area contributed by atoms with Crippen molar-refractivity contribution in [3.8, 4) is 0 Å². The number of benzene rings is 1. The summed E-state index contributed by atoms with van der Waals surface area (Å²) >= 11 is 0. The highest BCUT2D eigenvalue weighted by Gasteiger charge is 2.28. The van der Waals surface area contributed by atoms with Gasteiger partial charge in [-0.05, 0) is 25.5 Å². The Morgan fingerprint density at radius 2 is 2.13 bits per heavy atom. The normalized spacial score (nSPS) is 15.4. The van der Waals surface area contributed by atoms with E-state index in [-0.39, 0.29) is 5.41 Å². The van der Waals surface area contributed by atoms with Gasteiger partial charge in [0.25, 0.3) is 0 Å². The van der Waals surface area contributed by atoms with Crippen LogP contribution in [0, 0.1) is 0 Å². The zero-order valence-corrected chi connectivity index (χ0v) is 9.16. The fourth-order valence-corrected chi connectivity index (χ4v) is 1.51. The summed E-state index contributed by atoms with van der Waals surface area (Å²) in [6.07, 6.45) is 0.927. The molecule has 2 aromatic rings. The number of aromatic nitrogens is 1. The van der Waals surface area contributed by atoms with Crippen LogP contribution in [0.3, 0.4) is 0 Å². The van der Waals surface area contributed by atoms with Crippen molar-refractivity contribution in [1.29, 1.82) is 0 Å². The molecule has 0 spiro atoms. The van der Waals surface area contributed by atoms with E-state index in [1.54, 1.807) is 0 Å². The van der Waals surface area contributed by atoms with Gasteiger partial charge in [0.15, 0.2) is 5.58 Å². The van der Waals surface area contributed by atoms with Gasteiger partial charge in [0.2, 0.25) is 5.89 Å². The number of hydrogen-bond donors (Lipinski definition) is 1. The molecule has 0 amide bonds. The van der Waals surface area contributed by atoms with Crippen LogP contribution in [0.15, 0.2) is 28.7 Å². The molecule has 1 atom stereocenters. The van der Waals surface area contributed by atoms with Crippen LogP contribution in [0.5, 0.6) is 0 Å². The first-order chi connectivity index (χ1) is 7.19. The molecule has 15 heavy (non-hydrogen) atoms. The highest BCUT2D eigenvalue weighted by Crippen LogP contribution is 2.28. The van der Waals surface area contributed by atoms with Crippen LogP contribution < -0.4 is 5.73 Å². The molecule has 3 nitrogen and oxygen atoms in total. The number of para-hydroxylation sites is 2. The SMILES string of the molecule is CCC(C)(CN)c1nc2ccccc2o1. The number of nitrogens with two attached hydrogens (primary N) is 1. The van der Waals surface area contributed by atoms with Gasteiger partial charge in [-0.2, -0.15) is 0 Å². The van der Waals surface area contributed by atoms with Crippen molar-refractivity contribution in [3.63, 3.8) is 0 Å². The quantitative estimate of drug-likeness (QED) is 0.835. The van der Waals surface area contributed by atoms with E-state index < -0.39 is 0 Å². The second-order valence-corrected chi connectivity index (χ2v) is 4.11. The molecule has 0 aliphatic carbocycles. The Kier molecular flexibility index (Phi) is 2.49. The predicted octanol–water partition coefficient (Wildman–Crippen LogP) is 2.45. The average Bonchev–Trinajstić information content (AvgIpc) is 2.72. The molecule has 0 radical (unpaired) electrons. The van der Waals surface area contributed by atoms with E-state index in [4.69, 9.17) is 10.2 Å². The van der Waals surface area contributed by atoms with E-state index in [1.807, 2.05) is 24.3 Å². The maximum absolute atomic E-state index is 5.77. The molecule has 1 heterocycles. The maximum atomic E-state index is 5.77. The van der Waals surface area contributed by atoms with Crippen LogP contribution >= 0.6 is 0 Å². The second-order valence-electron chi connectivity index (χ2n) is 4.11. The van der Waals surface area contributed by atoms with Crippen molar-refractivity contribution in [3.05, 3.63) is 30.2 Å². The molecule has 1 aromatic carbocycles. The van der Waals surface area contributed by atoms with Crippen molar-refractivity contribution in [2.75, 3.05) is 6.54 Å². The van der Waals surface area contributed by atoms with Crippen LogP contribution in [0.2, 0.25) is 0 Å². The molecule has 2 N–H and O–H groups in total. The Morgan fingerprint density at radius 1 is 1.40 bits per heavy atom. The highest BCUT2D eigenvalue weighted by molar-refractivity contribution is 5.72. The molecule has 3 heteroatoms. The van der Waals surface area contributed by atoms with Crippen LogP contribution in [0.25, 0.3) is 11.1 Å². The minimum absolute atomic E-state index is 0.154. The predicted molar refractivity (Wildman–Crippen MR) is 60.7 cm³/mol. The Balaban J connectivity index is 2.52. The smallest absolute Gasteiger partial charge is 0.202 e. The van der Waals surface area contributed by atoms with E-state index >= 15 is 0 Å². The fourth-order valence-electron chi connectivity index (χ4n) is 1.51. The molecule has 1 aromatic heterocycles. The number of nitrogens with zero attached hydrogens (tertiary/aromatic N) is 1. The van der Waals surface area contributed by atoms with Crippen molar-refractivity contribution in [2.24, 2.45) is 5.73 Å². The Morgan fingerprint density at radius 3 is 2.73 bits per heavy atom. The van der Waals surface area contributed by atoms with Crippen LogP contribution in [-0.2, 0) is 5.41 Å². The molecule has 0 saturated carbocycles. The van der Waals surface area contributed by atoms with Crippen molar-refractivity contribution < 1.29 is 4.42 Å². The monoisotopic (exact) mass is 204 g/mol. The van der Waals surface area contributed by atoms with Gasteiger partial charge in [-0.3, -0.25) is 0 Å². The van der Waals surface area contributed by atoms with Gasteiger partial charge in [0.1, 0.15) is 5.52 Å². The molecule has 80 valence electrons. The van der Waals surface area contributed by atoms with Crippen molar-refractivity contribution in [2.45, 2.75) is 25.7 Å². The molecule has 0 bridgehead atoms. The van der Waals surface area contributed by atoms with Gasteiger partial charge in [0, 0.05) is 6.54 Å². The third-order valence-electron chi connectivity index (χ3n) is 3.04. The minimum Gasteiger partial charge on any atom is -0.440 e. The molecule has 1 unspecified atom stereocenters. The maximum Gasteiger partial charge on any atom is 0.202 e. The van der Waals surface area contributed by atoms with Gasteiger partial charge < -0.3 is 10.2 Å². The van der Waals surface area contributed by atoms with Gasteiger partial charge in [-0.15, -0.1) is 0 Å². The summed E-state index contributed by atoms with van der Waals surface area (Å²) in [4.78, 5) is 4.48. The summed E-state index contributed by atoms with van der Waals surface area (Å²) in [6, 6.07) is 7.79. The summed E-state index contributed by atoms with van der Waals surface area (Å²) < 4.78 is 5.72. The number of fused-ring (bicyclic) bond motifs is 1. The van der Waals surface area contributed by atoms with Gasteiger partial charge >= 0.3 is 0 Å². The lowest BCUT2D eigenvalue weighted by atomic mass is 9.88. The van der Waals surface area contributed by atoms with Gasteiger partial charge in [0.05, 0.1) is 5.41 Å². The molecule has 2 rings (SSSR count).